The van der Waals surface area contributed by atoms with Crippen LogP contribution in [-0.2, 0) is 4.79 Å². The number of benzene rings is 2. The highest BCUT2D eigenvalue weighted by Crippen LogP contribution is 2.24. The minimum absolute atomic E-state index is 0.0155. The molecule has 104 valence electrons. The van der Waals surface area contributed by atoms with Crippen molar-refractivity contribution in [2.24, 2.45) is 0 Å². The summed E-state index contributed by atoms with van der Waals surface area (Å²) in [7, 11) is 0. The second kappa shape index (κ2) is 5.69. The van der Waals surface area contributed by atoms with E-state index in [1.807, 2.05) is 0 Å². The van der Waals surface area contributed by atoms with Gasteiger partial charge >= 0.3 is 5.97 Å². The van der Waals surface area contributed by atoms with E-state index in [0.717, 1.165) is 11.6 Å². The monoisotopic (exact) mass is 277 g/mol. The molecule has 5 heteroatoms. The molecule has 20 heavy (non-hydrogen) atoms. The fourth-order valence-electron chi connectivity index (χ4n) is 1.90. The molecule has 0 aromatic heterocycles. The highest BCUT2D eigenvalue weighted by molar-refractivity contribution is 5.79. The van der Waals surface area contributed by atoms with Crippen molar-refractivity contribution >= 4 is 11.7 Å². The molecule has 0 heterocycles. The highest BCUT2D eigenvalue weighted by atomic mass is 19.1. The van der Waals surface area contributed by atoms with Gasteiger partial charge < -0.3 is 10.4 Å². The molecule has 0 saturated carbocycles. The van der Waals surface area contributed by atoms with E-state index in [0.29, 0.717) is 0 Å². The number of hydrogen-bond acceptors (Lipinski definition) is 2. The molecule has 2 aromatic carbocycles. The Balaban J connectivity index is 2.37. The molecule has 2 N–H and O–H groups in total. The first kappa shape index (κ1) is 14.0. The van der Waals surface area contributed by atoms with E-state index in [1.165, 1.54) is 30.3 Å². The number of halogens is 2. The van der Waals surface area contributed by atoms with Crippen molar-refractivity contribution < 1.29 is 18.7 Å². The number of aliphatic carboxylic acids is 1. The zero-order valence-electron chi connectivity index (χ0n) is 10.7. The van der Waals surface area contributed by atoms with Crippen molar-refractivity contribution in [2.75, 3.05) is 5.32 Å². The molecule has 0 aliphatic heterocycles. The summed E-state index contributed by atoms with van der Waals surface area (Å²) in [5.41, 5.74) is 1.04. The molecule has 0 aliphatic rings. The van der Waals surface area contributed by atoms with Crippen molar-refractivity contribution in [1.82, 2.24) is 0 Å². The summed E-state index contributed by atoms with van der Waals surface area (Å²) in [6.07, 6.45) is 0. The Morgan fingerprint density at radius 1 is 1.20 bits per heavy atom. The largest absolute Gasteiger partial charge is 0.479 e. The quantitative estimate of drug-likeness (QED) is 0.899. The molecule has 0 saturated heterocycles. The lowest BCUT2D eigenvalue weighted by molar-refractivity contribution is -0.138. The van der Waals surface area contributed by atoms with E-state index in [-0.39, 0.29) is 11.3 Å². The average molecular weight is 277 g/mol. The van der Waals surface area contributed by atoms with Gasteiger partial charge in [-0.2, -0.15) is 0 Å². The van der Waals surface area contributed by atoms with Gasteiger partial charge in [0.1, 0.15) is 11.6 Å². The highest BCUT2D eigenvalue weighted by Gasteiger charge is 2.23. The SMILES string of the molecule is Cc1ccc(F)c(C(Nc2cccc(F)c2)C(=O)O)c1. The first-order valence-corrected chi connectivity index (χ1v) is 5.98. The lowest BCUT2D eigenvalue weighted by atomic mass is 10.0. The fourth-order valence-corrected chi connectivity index (χ4v) is 1.90. The number of rotatable bonds is 4. The molecule has 3 nitrogen and oxygen atoms in total. The van der Waals surface area contributed by atoms with Crippen LogP contribution in [0, 0.1) is 18.6 Å². The van der Waals surface area contributed by atoms with Crippen LogP contribution < -0.4 is 5.32 Å². The molecule has 0 amide bonds. The molecule has 2 aromatic rings. The lowest BCUT2D eigenvalue weighted by Crippen LogP contribution is -2.21. The van der Waals surface area contributed by atoms with Crippen molar-refractivity contribution in [3.63, 3.8) is 0 Å². The maximum Gasteiger partial charge on any atom is 0.330 e. The Morgan fingerprint density at radius 2 is 1.95 bits per heavy atom. The lowest BCUT2D eigenvalue weighted by Gasteiger charge is -2.17. The maximum atomic E-state index is 13.8. The second-order valence-electron chi connectivity index (χ2n) is 4.45. The van der Waals surface area contributed by atoms with Crippen molar-refractivity contribution in [1.29, 1.82) is 0 Å². The third kappa shape index (κ3) is 3.12. The number of aryl methyl sites for hydroxylation is 1. The molecule has 2 rings (SSSR count). The summed E-state index contributed by atoms with van der Waals surface area (Å²) in [5.74, 6) is -2.35. The van der Waals surface area contributed by atoms with Gasteiger partial charge in [-0.25, -0.2) is 13.6 Å². The van der Waals surface area contributed by atoms with E-state index in [4.69, 9.17) is 0 Å². The summed E-state index contributed by atoms with van der Waals surface area (Å²) >= 11 is 0. The van der Waals surface area contributed by atoms with Crippen LogP contribution in [0.3, 0.4) is 0 Å². The van der Waals surface area contributed by atoms with Gasteiger partial charge in [0, 0.05) is 11.3 Å². The van der Waals surface area contributed by atoms with Crippen LogP contribution in [0.4, 0.5) is 14.5 Å². The topological polar surface area (TPSA) is 49.3 Å². The van der Waals surface area contributed by atoms with Crippen molar-refractivity contribution in [3.8, 4) is 0 Å². The maximum absolute atomic E-state index is 13.8. The smallest absolute Gasteiger partial charge is 0.330 e. The Labute approximate surface area is 114 Å². The molecule has 0 spiro atoms. The van der Waals surface area contributed by atoms with Gasteiger partial charge in [-0.15, -0.1) is 0 Å². The molecular formula is C15H13F2NO2. The third-order valence-electron chi connectivity index (χ3n) is 2.85. The number of hydrogen-bond donors (Lipinski definition) is 2. The summed E-state index contributed by atoms with van der Waals surface area (Å²) in [6, 6.07) is 8.32. The van der Waals surface area contributed by atoms with Gasteiger partial charge in [-0.1, -0.05) is 23.8 Å². The molecule has 0 bridgehead atoms. The predicted octanol–water partition coefficient (Wildman–Crippen LogP) is 3.51. The molecular weight excluding hydrogens is 264 g/mol. The molecule has 0 radical (unpaired) electrons. The minimum atomic E-state index is -1.28. The van der Waals surface area contributed by atoms with Gasteiger partial charge in [0.25, 0.3) is 0 Å². The second-order valence-corrected chi connectivity index (χ2v) is 4.45. The van der Waals surface area contributed by atoms with Crippen LogP contribution in [0.15, 0.2) is 42.5 Å². The van der Waals surface area contributed by atoms with Crippen LogP contribution in [0.5, 0.6) is 0 Å². The van der Waals surface area contributed by atoms with Crippen molar-refractivity contribution in [2.45, 2.75) is 13.0 Å². The predicted molar refractivity (Wildman–Crippen MR) is 71.5 cm³/mol. The fraction of sp³-hybridized carbons (Fsp3) is 0.133. The van der Waals surface area contributed by atoms with E-state index in [1.54, 1.807) is 13.0 Å². The molecule has 0 aliphatic carbocycles. The van der Waals surface area contributed by atoms with Crippen LogP contribution >= 0.6 is 0 Å². The average Bonchev–Trinajstić information content (AvgIpc) is 2.39. The van der Waals surface area contributed by atoms with Gasteiger partial charge in [0.15, 0.2) is 6.04 Å². The minimum Gasteiger partial charge on any atom is -0.479 e. The van der Waals surface area contributed by atoms with Crippen LogP contribution in [0.1, 0.15) is 17.2 Å². The normalized spacial score (nSPS) is 11.9. The van der Waals surface area contributed by atoms with Gasteiger partial charge in [0.2, 0.25) is 0 Å². The first-order valence-electron chi connectivity index (χ1n) is 5.98. The molecule has 1 atom stereocenters. The van der Waals surface area contributed by atoms with Gasteiger partial charge in [-0.3, -0.25) is 0 Å². The Bertz CT molecular complexity index is 644. The van der Waals surface area contributed by atoms with Crippen LogP contribution in [-0.4, -0.2) is 11.1 Å². The third-order valence-corrected chi connectivity index (χ3v) is 2.85. The zero-order chi connectivity index (χ0) is 14.7. The summed E-state index contributed by atoms with van der Waals surface area (Å²) in [5, 5.41) is 11.9. The number of carboxylic acid groups (broad SMARTS) is 1. The number of carboxylic acids is 1. The van der Waals surface area contributed by atoms with Crippen molar-refractivity contribution in [3.05, 3.63) is 65.2 Å². The van der Waals surface area contributed by atoms with Crippen LogP contribution in [0.25, 0.3) is 0 Å². The van der Waals surface area contributed by atoms with Gasteiger partial charge in [-0.05, 0) is 31.2 Å². The number of anilines is 1. The summed E-state index contributed by atoms with van der Waals surface area (Å²) in [6.45, 7) is 1.74. The summed E-state index contributed by atoms with van der Waals surface area (Å²) < 4.78 is 26.9. The zero-order valence-corrected chi connectivity index (χ0v) is 10.7. The molecule has 1 unspecified atom stereocenters. The van der Waals surface area contributed by atoms with Gasteiger partial charge in [0.05, 0.1) is 0 Å². The Morgan fingerprint density at radius 3 is 2.60 bits per heavy atom. The molecule has 0 fully saturated rings. The van der Waals surface area contributed by atoms with E-state index in [2.05, 4.69) is 5.32 Å². The number of carbonyl (C=O) groups is 1. The van der Waals surface area contributed by atoms with E-state index >= 15 is 0 Å². The summed E-state index contributed by atoms with van der Waals surface area (Å²) in [4.78, 5) is 11.3. The Hall–Kier alpha value is -2.43. The standard InChI is InChI=1S/C15H13F2NO2/c1-9-5-6-13(17)12(7-9)14(15(19)20)18-11-4-2-3-10(16)8-11/h2-8,14,18H,1H3,(H,19,20). The first-order chi connectivity index (χ1) is 9.47. The number of nitrogens with one attached hydrogen (secondary N) is 1. The van der Waals surface area contributed by atoms with E-state index in [9.17, 15) is 18.7 Å². The van der Waals surface area contributed by atoms with Crippen LogP contribution in [0.2, 0.25) is 0 Å². The van der Waals surface area contributed by atoms with E-state index < -0.39 is 23.6 Å². The Kier molecular flexibility index (Phi) is 3.98.